The van der Waals surface area contributed by atoms with Crippen LogP contribution < -0.4 is 10.6 Å². The highest BCUT2D eigenvalue weighted by atomic mass is 16.6. The first-order valence-corrected chi connectivity index (χ1v) is 9.22. The fraction of sp³-hybridized carbons (Fsp3) is 0.647. The summed E-state index contributed by atoms with van der Waals surface area (Å²) in [5, 5.41) is 27.9. The second kappa shape index (κ2) is 12.2. The molecule has 1 aromatic carbocycles. The number of non-ortho nitro benzene ring substituents is 1. The highest BCUT2D eigenvalue weighted by Crippen LogP contribution is 2.28. The van der Waals surface area contributed by atoms with Gasteiger partial charge in [-0.1, -0.05) is 0 Å². The Kier molecular flexibility index (Phi) is 9.55. The summed E-state index contributed by atoms with van der Waals surface area (Å²) in [7, 11) is 0. The van der Waals surface area contributed by atoms with Crippen molar-refractivity contribution >= 4 is 17.1 Å². The molecule has 28 heavy (non-hydrogen) atoms. The molecule has 0 unspecified atom stereocenters. The molecule has 2 N–H and O–H groups in total. The van der Waals surface area contributed by atoms with Crippen LogP contribution in [0.5, 0.6) is 0 Å². The molecule has 0 aromatic heterocycles. The number of rotatable bonds is 13. The van der Waals surface area contributed by atoms with Crippen LogP contribution in [0.15, 0.2) is 18.2 Å². The first-order valence-electron chi connectivity index (χ1n) is 9.22. The predicted octanol–water partition coefficient (Wildman–Crippen LogP) is 1.72. The van der Waals surface area contributed by atoms with E-state index in [1.54, 1.807) is 0 Å². The Balaban J connectivity index is 1.53. The van der Waals surface area contributed by atoms with E-state index >= 15 is 0 Å². The topological polar surface area (TPSA) is 138 Å². The maximum absolute atomic E-state index is 11.0. The van der Waals surface area contributed by atoms with Crippen molar-refractivity contribution in [1.29, 1.82) is 0 Å². The molecule has 1 saturated heterocycles. The van der Waals surface area contributed by atoms with Crippen LogP contribution in [-0.4, -0.2) is 68.6 Å². The summed E-state index contributed by atoms with van der Waals surface area (Å²) in [6.45, 7) is 4.56. The van der Waals surface area contributed by atoms with Gasteiger partial charge in [-0.2, -0.15) is 0 Å². The summed E-state index contributed by atoms with van der Waals surface area (Å²) >= 11 is 0. The maximum Gasteiger partial charge on any atom is 0.299 e. The number of piperidine rings is 1. The van der Waals surface area contributed by atoms with Crippen molar-refractivity contribution in [3.8, 4) is 0 Å². The largest absolute Gasteiger partial charge is 0.377 e. The number of nitrogens with zero attached hydrogens (tertiary/aromatic N) is 2. The van der Waals surface area contributed by atoms with Crippen LogP contribution in [0.4, 0.5) is 17.1 Å². The number of ether oxygens (including phenoxy) is 3. The molecule has 1 aromatic rings. The molecule has 0 radical (unpaired) electrons. The normalized spacial score (nSPS) is 14.7. The Morgan fingerprint density at radius 3 is 2.36 bits per heavy atom. The van der Waals surface area contributed by atoms with Crippen LogP contribution in [0.1, 0.15) is 12.8 Å². The monoisotopic (exact) mass is 398 g/mol. The fourth-order valence-corrected chi connectivity index (χ4v) is 2.75. The molecule has 0 aliphatic carbocycles. The minimum absolute atomic E-state index is 0.213. The van der Waals surface area contributed by atoms with Gasteiger partial charge in [0.05, 0.1) is 55.1 Å². The van der Waals surface area contributed by atoms with Gasteiger partial charge in [-0.15, -0.1) is 0 Å². The minimum atomic E-state index is -0.669. The van der Waals surface area contributed by atoms with E-state index in [0.29, 0.717) is 45.7 Å². The zero-order chi connectivity index (χ0) is 20.2. The SMILES string of the molecule is O=[N+]([O-])c1ccc(NCCOCCOCCOC2CCNCC2)c([N+](=O)[O-])c1. The zero-order valence-corrected chi connectivity index (χ0v) is 15.6. The number of hydrogen-bond donors (Lipinski definition) is 2. The molecular weight excluding hydrogens is 372 g/mol. The van der Waals surface area contributed by atoms with Gasteiger partial charge in [-0.05, 0) is 32.0 Å². The van der Waals surface area contributed by atoms with Crippen molar-refractivity contribution in [3.05, 3.63) is 38.4 Å². The van der Waals surface area contributed by atoms with Crippen molar-refractivity contribution in [1.82, 2.24) is 5.32 Å². The maximum atomic E-state index is 11.0. The summed E-state index contributed by atoms with van der Waals surface area (Å²) < 4.78 is 16.6. The average Bonchev–Trinajstić information content (AvgIpc) is 2.70. The molecule has 0 amide bonds. The van der Waals surface area contributed by atoms with Gasteiger partial charge < -0.3 is 24.8 Å². The number of nitro benzene ring substituents is 2. The zero-order valence-electron chi connectivity index (χ0n) is 15.6. The predicted molar refractivity (Wildman–Crippen MR) is 102 cm³/mol. The summed E-state index contributed by atoms with van der Waals surface area (Å²) in [6.07, 6.45) is 2.38. The Bertz CT molecular complexity index is 638. The third-order valence-corrected chi connectivity index (χ3v) is 4.19. The molecule has 1 fully saturated rings. The molecule has 1 aliphatic heterocycles. The Morgan fingerprint density at radius 1 is 1.00 bits per heavy atom. The second-order valence-corrected chi connectivity index (χ2v) is 6.19. The molecule has 11 nitrogen and oxygen atoms in total. The van der Waals surface area contributed by atoms with Crippen molar-refractivity contribution in [3.63, 3.8) is 0 Å². The summed E-state index contributed by atoms with van der Waals surface area (Å²) in [6, 6.07) is 3.47. The van der Waals surface area contributed by atoms with Gasteiger partial charge in [0.25, 0.3) is 11.4 Å². The van der Waals surface area contributed by atoms with Crippen LogP contribution in [0, 0.1) is 20.2 Å². The lowest BCUT2D eigenvalue weighted by molar-refractivity contribution is -0.393. The molecule has 0 spiro atoms. The number of nitrogens with one attached hydrogen (secondary N) is 2. The van der Waals surface area contributed by atoms with E-state index in [4.69, 9.17) is 14.2 Å². The molecule has 156 valence electrons. The summed E-state index contributed by atoms with van der Waals surface area (Å²) in [5.74, 6) is 0. The average molecular weight is 398 g/mol. The standard InChI is InChI=1S/C17H26N4O7/c22-20(23)14-1-2-16(17(13-14)21(24)25)19-7-8-26-9-10-27-11-12-28-15-3-5-18-6-4-15/h1-2,13,15,18-19H,3-12H2. The molecule has 1 aliphatic rings. The van der Waals surface area contributed by atoms with Crippen molar-refractivity contribution < 1.29 is 24.1 Å². The Morgan fingerprint density at radius 2 is 1.68 bits per heavy atom. The van der Waals surface area contributed by atoms with E-state index in [-0.39, 0.29) is 17.1 Å². The smallest absolute Gasteiger partial charge is 0.299 e. The molecule has 0 saturated carbocycles. The summed E-state index contributed by atoms with van der Waals surface area (Å²) in [5.41, 5.74) is -0.452. The molecule has 2 rings (SSSR count). The van der Waals surface area contributed by atoms with E-state index < -0.39 is 9.85 Å². The lowest BCUT2D eigenvalue weighted by Crippen LogP contribution is -2.33. The lowest BCUT2D eigenvalue weighted by Gasteiger charge is -2.22. The minimum Gasteiger partial charge on any atom is -0.377 e. The fourth-order valence-electron chi connectivity index (χ4n) is 2.75. The molecule has 0 bridgehead atoms. The van der Waals surface area contributed by atoms with Gasteiger partial charge in [-0.25, -0.2) is 0 Å². The number of nitro groups is 2. The third kappa shape index (κ3) is 7.72. The van der Waals surface area contributed by atoms with Crippen LogP contribution in [0.25, 0.3) is 0 Å². The van der Waals surface area contributed by atoms with Crippen molar-refractivity contribution in [2.75, 3.05) is 58.0 Å². The van der Waals surface area contributed by atoms with Crippen LogP contribution in [0.2, 0.25) is 0 Å². The van der Waals surface area contributed by atoms with E-state index in [1.807, 2.05) is 0 Å². The molecular formula is C17H26N4O7. The highest BCUT2D eigenvalue weighted by Gasteiger charge is 2.19. The molecule has 0 atom stereocenters. The summed E-state index contributed by atoms with van der Waals surface area (Å²) in [4.78, 5) is 20.4. The molecule has 11 heteroatoms. The van der Waals surface area contributed by atoms with Crippen LogP contribution in [-0.2, 0) is 14.2 Å². The van der Waals surface area contributed by atoms with Gasteiger partial charge >= 0.3 is 0 Å². The second-order valence-electron chi connectivity index (χ2n) is 6.19. The van der Waals surface area contributed by atoms with E-state index in [9.17, 15) is 20.2 Å². The third-order valence-electron chi connectivity index (χ3n) is 4.19. The van der Waals surface area contributed by atoms with Crippen molar-refractivity contribution in [2.24, 2.45) is 0 Å². The Labute approximate surface area is 162 Å². The number of anilines is 1. The van der Waals surface area contributed by atoms with Gasteiger partial charge in [0.1, 0.15) is 5.69 Å². The number of benzene rings is 1. The number of hydrogen-bond acceptors (Lipinski definition) is 9. The quantitative estimate of drug-likeness (QED) is 0.289. The first kappa shape index (κ1) is 22.0. The first-order chi connectivity index (χ1) is 13.6. The Hall–Kier alpha value is -2.34. The lowest BCUT2D eigenvalue weighted by atomic mass is 10.1. The van der Waals surface area contributed by atoms with Gasteiger partial charge in [0, 0.05) is 12.6 Å². The van der Waals surface area contributed by atoms with Gasteiger partial charge in [0.15, 0.2) is 0 Å². The highest BCUT2D eigenvalue weighted by molar-refractivity contribution is 5.65. The van der Waals surface area contributed by atoms with Gasteiger partial charge in [-0.3, -0.25) is 20.2 Å². The van der Waals surface area contributed by atoms with E-state index in [1.165, 1.54) is 12.1 Å². The van der Waals surface area contributed by atoms with Crippen LogP contribution in [0.3, 0.4) is 0 Å². The van der Waals surface area contributed by atoms with E-state index in [2.05, 4.69) is 10.6 Å². The van der Waals surface area contributed by atoms with Crippen LogP contribution >= 0.6 is 0 Å². The van der Waals surface area contributed by atoms with E-state index in [0.717, 1.165) is 32.0 Å². The van der Waals surface area contributed by atoms with Gasteiger partial charge in [0.2, 0.25) is 0 Å². The van der Waals surface area contributed by atoms with Crippen molar-refractivity contribution in [2.45, 2.75) is 18.9 Å². The molecule has 1 heterocycles.